The van der Waals surface area contributed by atoms with Crippen molar-refractivity contribution < 1.29 is 15.0 Å². The summed E-state index contributed by atoms with van der Waals surface area (Å²) in [6.07, 6.45) is 79.0. The lowest BCUT2D eigenvalue weighted by molar-refractivity contribution is -0.123. The zero-order valence-electron chi connectivity index (χ0n) is 42.8. The molecule has 0 bridgehead atoms. The van der Waals surface area contributed by atoms with Gasteiger partial charge in [-0.05, 0) is 64.2 Å². The molecule has 0 aliphatic rings. The van der Waals surface area contributed by atoms with Crippen molar-refractivity contribution >= 4 is 5.91 Å². The number of carbonyl (C=O) groups is 1. The molecule has 1 amide bonds. The molecular formula is C60H109NO3. The van der Waals surface area contributed by atoms with E-state index in [0.29, 0.717) is 12.8 Å². The second-order valence-corrected chi connectivity index (χ2v) is 19.0. The molecule has 372 valence electrons. The Labute approximate surface area is 399 Å². The molecule has 2 unspecified atom stereocenters. The van der Waals surface area contributed by atoms with Gasteiger partial charge in [-0.15, -0.1) is 0 Å². The van der Waals surface area contributed by atoms with Crippen LogP contribution in [0.5, 0.6) is 0 Å². The Bertz CT molecular complexity index is 1100. The number of nitrogens with one attached hydrogen (secondary N) is 1. The monoisotopic (exact) mass is 892 g/mol. The first-order valence-electron chi connectivity index (χ1n) is 28.1. The number of hydrogen-bond acceptors (Lipinski definition) is 3. The van der Waals surface area contributed by atoms with Gasteiger partial charge in [0, 0.05) is 6.42 Å². The van der Waals surface area contributed by atoms with Gasteiger partial charge < -0.3 is 15.5 Å². The summed E-state index contributed by atoms with van der Waals surface area (Å²) >= 11 is 0. The molecule has 64 heavy (non-hydrogen) atoms. The van der Waals surface area contributed by atoms with Crippen LogP contribution in [0.1, 0.15) is 284 Å². The number of allylic oxidation sites excluding steroid dienone is 12. The fraction of sp³-hybridized carbons (Fsp3) is 0.783. The summed E-state index contributed by atoms with van der Waals surface area (Å²) in [5.74, 6) is -0.0724. The molecule has 0 saturated carbocycles. The normalized spacial score (nSPS) is 13.4. The number of rotatable bonds is 51. The average Bonchev–Trinajstić information content (AvgIpc) is 3.30. The second kappa shape index (κ2) is 55.2. The van der Waals surface area contributed by atoms with E-state index in [-0.39, 0.29) is 12.5 Å². The molecule has 4 nitrogen and oxygen atoms in total. The fourth-order valence-corrected chi connectivity index (χ4v) is 8.48. The van der Waals surface area contributed by atoms with Crippen molar-refractivity contribution in [3.63, 3.8) is 0 Å². The highest BCUT2D eigenvalue weighted by Gasteiger charge is 2.20. The minimum atomic E-state index is -0.684. The predicted molar refractivity (Wildman–Crippen MR) is 285 cm³/mol. The summed E-state index contributed by atoms with van der Waals surface area (Å²) in [5, 5.41) is 23.3. The van der Waals surface area contributed by atoms with Crippen molar-refractivity contribution in [1.82, 2.24) is 5.32 Å². The van der Waals surface area contributed by atoms with Crippen molar-refractivity contribution in [2.75, 3.05) is 6.61 Å². The number of aliphatic hydroxyl groups is 2. The number of unbranched alkanes of at least 4 members (excludes halogenated alkanes) is 32. The van der Waals surface area contributed by atoms with E-state index in [1.807, 2.05) is 0 Å². The van der Waals surface area contributed by atoms with E-state index in [2.05, 4.69) is 92.1 Å². The highest BCUT2D eigenvalue weighted by Crippen LogP contribution is 2.17. The molecule has 0 aliphatic heterocycles. The first-order valence-corrected chi connectivity index (χ1v) is 28.1. The van der Waals surface area contributed by atoms with E-state index in [0.717, 1.165) is 70.6 Å². The summed E-state index contributed by atoms with van der Waals surface area (Å²) in [6, 6.07) is -0.565. The van der Waals surface area contributed by atoms with Crippen LogP contribution in [0, 0.1) is 0 Å². The first-order chi connectivity index (χ1) is 31.7. The second-order valence-electron chi connectivity index (χ2n) is 19.0. The van der Waals surface area contributed by atoms with Crippen LogP contribution in [0.15, 0.2) is 72.9 Å². The number of aliphatic hydroxyl groups excluding tert-OH is 2. The maximum absolute atomic E-state index is 12.5. The number of amides is 1. The highest BCUT2D eigenvalue weighted by molar-refractivity contribution is 5.76. The summed E-state index contributed by atoms with van der Waals surface area (Å²) < 4.78 is 0. The molecule has 0 radical (unpaired) electrons. The summed E-state index contributed by atoms with van der Waals surface area (Å²) in [5.41, 5.74) is 0. The van der Waals surface area contributed by atoms with E-state index >= 15 is 0 Å². The topological polar surface area (TPSA) is 69.6 Å². The van der Waals surface area contributed by atoms with Gasteiger partial charge in [0.2, 0.25) is 5.91 Å². The zero-order valence-corrected chi connectivity index (χ0v) is 42.8. The molecule has 0 aromatic rings. The molecule has 0 aromatic carbocycles. The van der Waals surface area contributed by atoms with Gasteiger partial charge in [-0.2, -0.15) is 0 Å². The molecule has 3 N–H and O–H groups in total. The molecule has 0 saturated heterocycles. The predicted octanol–water partition coefficient (Wildman–Crippen LogP) is 18.6. The third kappa shape index (κ3) is 50.8. The Hall–Kier alpha value is -2.17. The smallest absolute Gasteiger partial charge is 0.220 e. The zero-order chi connectivity index (χ0) is 46.3. The lowest BCUT2D eigenvalue weighted by atomic mass is 10.0. The van der Waals surface area contributed by atoms with Gasteiger partial charge in [0.05, 0.1) is 18.8 Å². The van der Waals surface area contributed by atoms with Crippen molar-refractivity contribution in [3.05, 3.63) is 72.9 Å². The van der Waals surface area contributed by atoms with Crippen LogP contribution in [-0.4, -0.2) is 34.9 Å². The maximum atomic E-state index is 12.5. The van der Waals surface area contributed by atoms with E-state index in [1.165, 1.54) is 186 Å². The summed E-state index contributed by atoms with van der Waals surface area (Å²) in [4.78, 5) is 12.5. The van der Waals surface area contributed by atoms with Crippen molar-refractivity contribution in [1.29, 1.82) is 0 Å². The minimum absolute atomic E-state index is 0.0724. The first kappa shape index (κ1) is 61.8. The quantitative estimate of drug-likeness (QED) is 0.0421. The van der Waals surface area contributed by atoms with Gasteiger partial charge in [-0.25, -0.2) is 0 Å². The lowest BCUT2D eigenvalue weighted by Crippen LogP contribution is -2.45. The van der Waals surface area contributed by atoms with Gasteiger partial charge in [0.25, 0.3) is 0 Å². The SMILES string of the molecule is CC/C=C\C/C=C\C/C=C\C/C=C\C/C=C\C/C=C\CCCCC(=O)NC(CO)C(O)CCCCCCCCCCCCCCCCCCCCCCCCCCCCCCCCC. The van der Waals surface area contributed by atoms with Crippen molar-refractivity contribution in [2.45, 2.75) is 296 Å². The Morgan fingerprint density at radius 3 is 1.00 bits per heavy atom. The van der Waals surface area contributed by atoms with Gasteiger partial charge in [0.1, 0.15) is 0 Å². The molecule has 4 heteroatoms. The van der Waals surface area contributed by atoms with E-state index in [9.17, 15) is 15.0 Å². The van der Waals surface area contributed by atoms with Gasteiger partial charge >= 0.3 is 0 Å². The average molecular weight is 893 g/mol. The lowest BCUT2D eigenvalue weighted by Gasteiger charge is -2.22. The molecule has 0 aromatic heterocycles. The Morgan fingerprint density at radius 1 is 0.391 bits per heavy atom. The standard InChI is InChI=1S/C60H109NO3/c1-3-5-7-9-11-13-15-17-19-21-23-25-26-27-28-29-30-31-32-33-34-36-37-39-41-43-45-47-49-51-53-55-59(63)58(57-62)61-60(64)56-54-52-50-48-46-44-42-40-38-35-24-22-20-18-16-14-12-10-8-6-4-2/h6,8,12,14,18,20,24,35,40,42,46,48,58-59,62-63H,3-5,7,9-11,13,15-17,19,21-23,25-34,36-39,41,43-45,47,49-57H2,1-2H3,(H,61,64)/b8-6-,14-12-,20-18-,35-24-,42-40-,48-46-. The van der Waals surface area contributed by atoms with Crippen LogP contribution in [0.25, 0.3) is 0 Å². The molecule has 0 heterocycles. The van der Waals surface area contributed by atoms with Crippen LogP contribution in [0.2, 0.25) is 0 Å². The van der Waals surface area contributed by atoms with Crippen LogP contribution in [-0.2, 0) is 4.79 Å². The molecule has 0 spiro atoms. The molecular weight excluding hydrogens is 783 g/mol. The third-order valence-corrected chi connectivity index (χ3v) is 12.7. The molecule has 2 atom stereocenters. The fourth-order valence-electron chi connectivity index (χ4n) is 8.48. The Morgan fingerprint density at radius 2 is 0.688 bits per heavy atom. The highest BCUT2D eigenvalue weighted by atomic mass is 16.3. The van der Waals surface area contributed by atoms with E-state index < -0.39 is 12.1 Å². The van der Waals surface area contributed by atoms with E-state index in [1.54, 1.807) is 0 Å². The third-order valence-electron chi connectivity index (χ3n) is 12.7. The largest absolute Gasteiger partial charge is 0.394 e. The Balaban J connectivity index is 3.50. The van der Waals surface area contributed by atoms with Crippen LogP contribution >= 0.6 is 0 Å². The van der Waals surface area contributed by atoms with Crippen LogP contribution in [0.4, 0.5) is 0 Å². The maximum Gasteiger partial charge on any atom is 0.220 e. The van der Waals surface area contributed by atoms with Gasteiger partial charge in [0.15, 0.2) is 0 Å². The number of carbonyl (C=O) groups excluding carboxylic acids is 1. The van der Waals surface area contributed by atoms with Crippen LogP contribution in [0.3, 0.4) is 0 Å². The van der Waals surface area contributed by atoms with Crippen LogP contribution < -0.4 is 5.32 Å². The molecule has 0 aliphatic carbocycles. The van der Waals surface area contributed by atoms with Gasteiger partial charge in [-0.3, -0.25) is 4.79 Å². The van der Waals surface area contributed by atoms with Gasteiger partial charge in [-0.1, -0.05) is 286 Å². The number of hydrogen-bond donors (Lipinski definition) is 3. The summed E-state index contributed by atoms with van der Waals surface area (Å²) in [6.45, 7) is 4.24. The summed E-state index contributed by atoms with van der Waals surface area (Å²) in [7, 11) is 0. The van der Waals surface area contributed by atoms with E-state index in [4.69, 9.17) is 0 Å². The Kier molecular flexibility index (Phi) is 53.3. The van der Waals surface area contributed by atoms with Crippen molar-refractivity contribution in [2.24, 2.45) is 0 Å². The minimum Gasteiger partial charge on any atom is -0.394 e. The van der Waals surface area contributed by atoms with Crippen molar-refractivity contribution in [3.8, 4) is 0 Å². The molecule has 0 fully saturated rings. The molecule has 0 rings (SSSR count).